The molecule has 2 fully saturated rings. The minimum atomic E-state index is -0.674. The van der Waals surface area contributed by atoms with E-state index in [-0.39, 0.29) is 22.9 Å². The van der Waals surface area contributed by atoms with Gasteiger partial charge in [0.15, 0.2) is 0 Å². The Morgan fingerprint density at radius 1 is 1.27 bits per heavy atom. The van der Waals surface area contributed by atoms with Gasteiger partial charge in [-0.3, -0.25) is 9.59 Å². The van der Waals surface area contributed by atoms with Gasteiger partial charge in [0.25, 0.3) is 0 Å². The molecule has 2 unspecified atom stereocenters. The molecule has 1 aromatic rings. The number of fused-ring (bicyclic) bond motifs is 2. The number of carbonyl (C=O) groups excluding carboxylic acids is 2. The summed E-state index contributed by atoms with van der Waals surface area (Å²) >= 11 is 3.26. The monoisotopic (exact) mass is 367 g/mol. The second kappa shape index (κ2) is 4.63. The van der Waals surface area contributed by atoms with Crippen LogP contribution < -0.4 is 5.32 Å². The lowest BCUT2D eigenvalue weighted by Gasteiger charge is -2.38. The quantitative estimate of drug-likeness (QED) is 0.846. The van der Waals surface area contributed by atoms with Crippen molar-refractivity contribution < 1.29 is 14.0 Å². The Morgan fingerprint density at radius 3 is 2.45 bits per heavy atom. The van der Waals surface area contributed by atoms with Gasteiger partial charge >= 0.3 is 0 Å². The highest BCUT2D eigenvalue weighted by Crippen LogP contribution is 2.70. The first kappa shape index (κ1) is 15.7. The first-order valence-electron chi connectivity index (χ1n) is 7.44. The molecule has 3 nitrogen and oxygen atoms in total. The van der Waals surface area contributed by atoms with Crippen LogP contribution in [0.4, 0.5) is 10.1 Å². The molecule has 1 aromatic carbocycles. The molecule has 1 N–H and O–H groups in total. The van der Waals surface area contributed by atoms with Crippen LogP contribution in [0, 0.1) is 22.1 Å². The molecular formula is C17H19BrFNO2. The lowest BCUT2D eigenvalue weighted by atomic mass is 9.64. The van der Waals surface area contributed by atoms with E-state index >= 15 is 0 Å². The molecular weight excluding hydrogens is 349 g/mol. The van der Waals surface area contributed by atoms with Crippen molar-refractivity contribution in [3.8, 4) is 0 Å². The number of nitrogens with one attached hydrogen (secondary N) is 1. The molecule has 0 aliphatic heterocycles. The van der Waals surface area contributed by atoms with E-state index in [4.69, 9.17) is 0 Å². The summed E-state index contributed by atoms with van der Waals surface area (Å²) in [4.78, 5) is 25.4. The van der Waals surface area contributed by atoms with E-state index in [0.717, 1.165) is 6.42 Å². The Balaban J connectivity index is 1.94. The molecule has 3 rings (SSSR count). The van der Waals surface area contributed by atoms with Gasteiger partial charge in [-0.2, -0.15) is 0 Å². The summed E-state index contributed by atoms with van der Waals surface area (Å²) in [7, 11) is 0. The Kier molecular flexibility index (Phi) is 3.30. The average Bonchev–Trinajstić information content (AvgIpc) is 2.72. The minimum absolute atomic E-state index is 0.139. The number of hydrogen-bond acceptors (Lipinski definition) is 2. The molecule has 2 saturated carbocycles. The summed E-state index contributed by atoms with van der Waals surface area (Å²) < 4.78 is 13.7. The Labute approximate surface area is 137 Å². The smallest absolute Gasteiger partial charge is 0.231 e. The molecule has 0 heterocycles. The van der Waals surface area contributed by atoms with Crippen LogP contribution in [0.25, 0.3) is 0 Å². The summed E-state index contributed by atoms with van der Waals surface area (Å²) in [6, 6.07) is 4.16. The summed E-state index contributed by atoms with van der Waals surface area (Å²) in [6.07, 6.45) is 1.75. The number of rotatable bonds is 2. The van der Waals surface area contributed by atoms with Gasteiger partial charge in [0.05, 0.1) is 11.1 Å². The van der Waals surface area contributed by atoms with E-state index in [1.807, 2.05) is 20.8 Å². The minimum Gasteiger partial charge on any atom is -0.325 e. The molecule has 22 heavy (non-hydrogen) atoms. The maximum atomic E-state index is 13.2. The van der Waals surface area contributed by atoms with E-state index in [2.05, 4.69) is 21.2 Å². The van der Waals surface area contributed by atoms with Gasteiger partial charge in [0.2, 0.25) is 5.91 Å². The number of amides is 1. The number of carbonyl (C=O) groups is 2. The third-order valence-corrected chi connectivity index (χ3v) is 6.98. The van der Waals surface area contributed by atoms with E-state index < -0.39 is 10.8 Å². The second-order valence-electron chi connectivity index (χ2n) is 7.22. The molecule has 2 aliphatic rings. The van der Waals surface area contributed by atoms with Gasteiger partial charge < -0.3 is 5.32 Å². The van der Waals surface area contributed by atoms with Crippen molar-refractivity contribution in [2.45, 2.75) is 40.0 Å². The number of Topliss-reactive ketones (excluding diaryl/α,β-unsaturated/α-hetero) is 1. The topological polar surface area (TPSA) is 46.2 Å². The van der Waals surface area contributed by atoms with Crippen LogP contribution in [0.3, 0.4) is 0 Å². The van der Waals surface area contributed by atoms with E-state index in [0.29, 0.717) is 23.0 Å². The van der Waals surface area contributed by atoms with E-state index in [9.17, 15) is 14.0 Å². The fourth-order valence-electron chi connectivity index (χ4n) is 4.19. The van der Waals surface area contributed by atoms with Crippen molar-refractivity contribution in [2.75, 3.05) is 5.32 Å². The van der Waals surface area contributed by atoms with Crippen LogP contribution in [-0.4, -0.2) is 11.7 Å². The van der Waals surface area contributed by atoms with Crippen LogP contribution in [0.15, 0.2) is 22.7 Å². The third-order valence-electron chi connectivity index (χ3n) is 6.32. The number of hydrogen-bond donors (Lipinski definition) is 1. The molecule has 1 amide bonds. The fraction of sp³-hybridized carbons (Fsp3) is 0.529. The zero-order valence-corrected chi connectivity index (χ0v) is 14.5. The number of benzene rings is 1. The highest BCUT2D eigenvalue weighted by atomic mass is 79.9. The molecule has 0 spiro atoms. The standard InChI is InChI=1S/C17H19BrFNO2/c1-15(2)16(3)6-7-17(15,9-13(16)21)14(22)20-12-5-4-10(19)8-11(12)18/h4-5,8H,6-7,9H2,1-3H3,(H,20,22). The molecule has 0 radical (unpaired) electrons. The van der Waals surface area contributed by atoms with Crippen LogP contribution >= 0.6 is 15.9 Å². The number of ketones is 1. The zero-order valence-electron chi connectivity index (χ0n) is 12.9. The predicted octanol–water partition coefficient (Wildman–Crippen LogP) is 4.31. The summed E-state index contributed by atoms with van der Waals surface area (Å²) in [5.74, 6) is -0.329. The second-order valence-corrected chi connectivity index (χ2v) is 8.07. The van der Waals surface area contributed by atoms with E-state index in [1.165, 1.54) is 18.2 Å². The van der Waals surface area contributed by atoms with Gasteiger partial charge in [-0.1, -0.05) is 20.8 Å². The van der Waals surface area contributed by atoms with Crippen LogP contribution in [-0.2, 0) is 9.59 Å². The van der Waals surface area contributed by atoms with Crippen molar-refractivity contribution in [1.82, 2.24) is 0 Å². The highest BCUT2D eigenvalue weighted by molar-refractivity contribution is 9.10. The Bertz CT molecular complexity index is 687. The fourth-order valence-corrected chi connectivity index (χ4v) is 4.64. The van der Waals surface area contributed by atoms with Crippen molar-refractivity contribution in [3.05, 3.63) is 28.5 Å². The number of anilines is 1. The van der Waals surface area contributed by atoms with E-state index in [1.54, 1.807) is 0 Å². The Hall–Kier alpha value is -1.23. The van der Waals surface area contributed by atoms with Gasteiger partial charge in [-0.15, -0.1) is 0 Å². The largest absolute Gasteiger partial charge is 0.325 e. The molecule has 0 aromatic heterocycles. The highest BCUT2D eigenvalue weighted by Gasteiger charge is 2.72. The first-order chi connectivity index (χ1) is 10.1. The van der Waals surface area contributed by atoms with Crippen molar-refractivity contribution in [1.29, 1.82) is 0 Å². The predicted molar refractivity (Wildman–Crippen MR) is 85.9 cm³/mol. The van der Waals surface area contributed by atoms with Crippen LogP contribution in [0.2, 0.25) is 0 Å². The zero-order chi connectivity index (χ0) is 16.3. The van der Waals surface area contributed by atoms with Gasteiger partial charge in [0.1, 0.15) is 11.6 Å². The molecule has 118 valence electrons. The normalized spacial score (nSPS) is 32.3. The van der Waals surface area contributed by atoms with Crippen molar-refractivity contribution in [2.24, 2.45) is 16.2 Å². The SMILES string of the molecule is CC12CCC(C(=O)Nc3ccc(F)cc3Br)(CC1=O)C2(C)C. The summed E-state index contributed by atoms with van der Waals surface area (Å²) in [5.41, 5.74) is -0.949. The molecule has 0 saturated heterocycles. The van der Waals surface area contributed by atoms with Gasteiger partial charge in [-0.25, -0.2) is 4.39 Å². The van der Waals surface area contributed by atoms with Gasteiger partial charge in [0, 0.05) is 16.3 Å². The lowest BCUT2D eigenvalue weighted by molar-refractivity contribution is -0.131. The van der Waals surface area contributed by atoms with Crippen molar-refractivity contribution in [3.63, 3.8) is 0 Å². The summed E-state index contributed by atoms with van der Waals surface area (Å²) in [5, 5.41) is 2.89. The maximum Gasteiger partial charge on any atom is 0.231 e. The van der Waals surface area contributed by atoms with Crippen LogP contribution in [0.1, 0.15) is 40.0 Å². The molecule has 5 heteroatoms. The average molecular weight is 368 g/mol. The van der Waals surface area contributed by atoms with Crippen molar-refractivity contribution >= 4 is 33.3 Å². The lowest BCUT2D eigenvalue weighted by Crippen LogP contribution is -2.43. The molecule has 2 atom stereocenters. The molecule has 2 bridgehead atoms. The Morgan fingerprint density at radius 2 is 1.95 bits per heavy atom. The van der Waals surface area contributed by atoms with Gasteiger partial charge in [-0.05, 0) is 52.4 Å². The summed E-state index contributed by atoms with van der Waals surface area (Å²) in [6.45, 7) is 6.01. The number of halogens is 2. The maximum absolute atomic E-state index is 13.2. The third kappa shape index (κ3) is 1.78. The molecule has 2 aliphatic carbocycles. The first-order valence-corrected chi connectivity index (χ1v) is 8.23. The van der Waals surface area contributed by atoms with Crippen LogP contribution in [0.5, 0.6) is 0 Å².